The number of rotatable bonds is 11. The molecule has 1 aromatic heterocycles. The van der Waals surface area contributed by atoms with Crippen LogP contribution in [0.4, 0.5) is 5.82 Å². The summed E-state index contributed by atoms with van der Waals surface area (Å²) in [6.45, 7) is 6.36. The zero-order chi connectivity index (χ0) is 15.6. The van der Waals surface area contributed by atoms with Crippen molar-refractivity contribution in [2.75, 3.05) is 31.6 Å². The average Bonchev–Trinajstić information content (AvgIpc) is 2.49. The van der Waals surface area contributed by atoms with E-state index in [4.69, 9.17) is 4.74 Å². The van der Waals surface area contributed by atoms with Crippen LogP contribution in [0.15, 0.2) is 23.2 Å². The van der Waals surface area contributed by atoms with Gasteiger partial charge in [-0.2, -0.15) is 0 Å². The number of aromatic nitrogens is 1. The first-order valence-corrected chi connectivity index (χ1v) is 8.86. The minimum absolute atomic E-state index is 0.188. The van der Waals surface area contributed by atoms with E-state index in [9.17, 15) is 8.42 Å². The van der Waals surface area contributed by atoms with Gasteiger partial charge in [-0.25, -0.2) is 18.1 Å². The molecule has 21 heavy (non-hydrogen) atoms. The number of sulfonamides is 1. The van der Waals surface area contributed by atoms with Gasteiger partial charge in [0.25, 0.3) is 0 Å². The molecular formula is C14H25N3O3S. The fourth-order valence-electron chi connectivity index (χ4n) is 1.69. The normalized spacial score (nSPS) is 11.5. The molecule has 1 rings (SSSR count). The summed E-state index contributed by atoms with van der Waals surface area (Å²) in [6, 6.07) is 3.18. The third-order valence-corrected chi connectivity index (χ3v) is 4.20. The van der Waals surface area contributed by atoms with Crippen molar-refractivity contribution >= 4 is 15.8 Å². The molecule has 0 amide bonds. The molecule has 0 spiro atoms. The Labute approximate surface area is 127 Å². The Kier molecular flexibility index (Phi) is 8.26. The van der Waals surface area contributed by atoms with Crippen molar-refractivity contribution in [3.8, 4) is 0 Å². The second kappa shape index (κ2) is 9.70. The van der Waals surface area contributed by atoms with Crippen molar-refractivity contribution in [3.05, 3.63) is 18.3 Å². The number of ether oxygens (including phenoxy) is 1. The number of nitrogens with zero attached hydrogens (tertiary/aromatic N) is 1. The lowest BCUT2D eigenvalue weighted by atomic mass is 10.4. The lowest BCUT2D eigenvalue weighted by Crippen LogP contribution is -2.26. The standard InChI is InChI=1S/C14H25N3O3S/c1-3-8-15-14-13(7-5-9-16-14)21(18,19)17-10-6-12-20-11-4-2/h5,7,9,17H,3-4,6,8,10-12H2,1-2H3,(H,15,16). The average molecular weight is 315 g/mol. The maximum Gasteiger partial charge on any atom is 0.244 e. The largest absolute Gasteiger partial charge is 0.381 e. The molecule has 0 unspecified atom stereocenters. The highest BCUT2D eigenvalue weighted by atomic mass is 32.2. The SMILES string of the molecule is CCCNc1ncccc1S(=O)(=O)NCCCOCCC. The molecule has 0 saturated heterocycles. The summed E-state index contributed by atoms with van der Waals surface area (Å²) in [5.41, 5.74) is 0. The third-order valence-electron chi connectivity index (χ3n) is 2.71. The zero-order valence-corrected chi connectivity index (χ0v) is 13.6. The number of hydrogen-bond donors (Lipinski definition) is 2. The van der Waals surface area contributed by atoms with Gasteiger partial charge in [-0.1, -0.05) is 13.8 Å². The number of hydrogen-bond acceptors (Lipinski definition) is 5. The summed E-state index contributed by atoms with van der Waals surface area (Å²) in [6.07, 6.45) is 4.10. The van der Waals surface area contributed by atoms with Crippen molar-refractivity contribution in [2.24, 2.45) is 0 Å². The molecule has 7 heteroatoms. The summed E-state index contributed by atoms with van der Waals surface area (Å²) in [5, 5.41) is 3.03. The molecule has 0 aliphatic carbocycles. The molecule has 1 heterocycles. The van der Waals surface area contributed by atoms with Gasteiger partial charge in [0.1, 0.15) is 10.7 Å². The van der Waals surface area contributed by atoms with Gasteiger partial charge in [0.05, 0.1) is 0 Å². The van der Waals surface area contributed by atoms with E-state index in [0.29, 0.717) is 38.5 Å². The molecule has 0 aromatic carbocycles. The summed E-state index contributed by atoms with van der Waals surface area (Å²) in [4.78, 5) is 4.28. The summed E-state index contributed by atoms with van der Waals surface area (Å²) < 4.78 is 32.4. The first-order chi connectivity index (χ1) is 10.1. The molecular weight excluding hydrogens is 290 g/mol. The highest BCUT2D eigenvalue weighted by molar-refractivity contribution is 7.89. The van der Waals surface area contributed by atoms with Crippen LogP contribution in [0.3, 0.4) is 0 Å². The Morgan fingerprint density at radius 1 is 1.19 bits per heavy atom. The van der Waals surface area contributed by atoms with Crippen LogP contribution in [0.5, 0.6) is 0 Å². The van der Waals surface area contributed by atoms with Gasteiger partial charge in [-0.15, -0.1) is 0 Å². The molecule has 0 aliphatic rings. The second-order valence-corrected chi connectivity index (χ2v) is 6.38. The Morgan fingerprint density at radius 3 is 2.71 bits per heavy atom. The summed E-state index contributed by atoms with van der Waals surface area (Å²) in [7, 11) is -3.54. The van der Waals surface area contributed by atoms with E-state index >= 15 is 0 Å². The van der Waals surface area contributed by atoms with E-state index < -0.39 is 10.0 Å². The second-order valence-electron chi connectivity index (χ2n) is 4.64. The Balaban J connectivity index is 2.57. The Morgan fingerprint density at radius 2 is 2.00 bits per heavy atom. The van der Waals surface area contributed by atoms with Crippen LogP contribution in [-0.2, 0) is 14.8 Å². The molecule has 0 saturated carbocycles. The molecule has 6 nitrogen and oxygen atoms in total. The van der Waals surface area contributed by atoms with E-state index in [1.54, 1.807) is 18.3 Å². The minimum atomic E-state index is -3.54. The van der Waals surface area contributed by atoms with E-state index in [2.05, 4.69) is 15.0 Å². The van der Waals surface area contributed by atoms with E-state index in [0.717, 1.165) is 12.8 Å². The van der Waals surface area contributed by atoms with Crippen molar-refractivity contribution in [1.82, 2.24) is 9.71 Å². The lowest BCUT2D eigenvalue weighted by Gasteiger charge is -2.11. The summed E-state index contributed by atoms with van der Waals surface area (Å²) in [5.74, 6) is 0.397. The van der Waals surface area contributed by atoms with Crippen molar-refractivity contribution in [3.63, 3.8) is 0 Å². The fraction of sp³-hybridized carbons (Fsp3) is 0.643. The predicted molar refractivity (Wildman–Crippen MR) is 83.9 cm³/mol. The molecule has 0 radical (unpaired) electrons. The number of nitrogens with one attached hydrogen (secondary N) is 2. The molecule has 0 fully saturated rings. The topological polar surface area (TPSA) is 80.3 Å². The minimum Gasteiger partial charge on any atom is -0.381 e. The summed E-state index contributed by atoms with van der Waals surface area (Å²) >= 11 is 0. The van der Waals surface area contributed by atoms with Crippen molar-refractivity contribution in [2.45, 2.75) is 38.0 Å². The van der Waals surface area contributed by atoms with Gasteiger partial charge in [0, 0.05) is 32.5 Å². The van der Waals surface area contributed by atoms with Crippen molar-refractivity contribution in [1.29, 1.82) is 0 Å². The van der Waals surface area contributed by atoms with E-state index in [1.807, 2.05) is 13.8 Å². The fourth-order valence-corrected chi connectivity index (χ4v) is 2.89. The molecule has 120 valence electrons. The molecule has 1 aromatic rings. The molecule has 0 bridgehead atoms. The van der Waals surface area contributed by atoms with Gasteiger partial charge < -0.3 is 10.1 Å². The van der Waals surface area contributed by atoms with Gasteiger partial charge >= 0.3 is 0 Å². The van der Waals surface area contributed by atoms with Gasteiger partial charge in [-0.3, -0.25) is 0 Å². The maximum atomic E-state index is 12.3. The number of anilines is 1. The quantitative estimate of drug-likeness (QED) is 0.611. The van der Waals surface area contributed by atoms with Gasteiger partial charge in [-0.05, 0) is 31.4 Å². The molecule has 0 atom stereocenters. The lowest BCUT2D eigenvalue weighted by molar-refractivity contribution is 0.133. The monoisotopic (exact) mass is 315 g/mol. The van der Waals surface area contributed by atoms with Crippen LogP contribution < -0.4 is 10.0 Å². The van der Waals surface area contributed by atoms with Gasteiger partial charge in [0.15, 0.2) is 0 Å². The zero-order valence-electron chi connectivity index (χ0n) is 12.8. The van der Waals surface area contributed by atoms with Crippen LogP contribution in [0.2, 0.25) is 0 Å². The smallest absolute Gasteiger partial charge is 0.244 e. The Hall–Kier alpha value is -1.18. The Bertz CT molecular complexity index is 506. The van der Waals surface area contributed by atoms with E-state index in [-0.39, 0.29) is 4.90 Å². The maximum absolute atomic E-state index is 12.3. The third kappa shape index (κ3) is 6.41. The van der Waals surface area contributed by atoms with Crippen molar-refractivity contribution < 1.29 is 13.2 Å². The highest BCUT2D eigenvalue weighted by Crippen LogP contribution is 2.17. The van der Waals surface area contributed by atoms with Crippen LogP contribution in [0.25, 0.3) is 0 Å². The van der Waals surface area contributed by atoms with Crippen LogP contribution in [0.1, 0.15) is 33.1 Å². The van der Waals surface area contributed by atoms with Gasteiger partial charge in [0.2, 0.25) is 10.0 Å². The van der Waals surface area contributed by atoms with Crippen LogP contribution in [-0.4, -0.2) is 39.7 Å². The van der Waals surface area contributed by atoms with E-state index in [1.165, 1.54) is 0 Å². The van der Waals surface area contributed by atoms with Crippen LogP contribution >= 0.6 is 0 Å². The molecule has 0 aliphatic heterocycles. The van der Waals surface area contributed by atoms with Crippen LogP contribution in [0, 0.1) is 0 Å². The molecule has 2 N–H and O–H groups in total. The number of pyridine rings is 1. The first-order valence-electron chi connectivity index (χ1n) is 7.38. The highest BCUT2D eigenvalue weighted by Gasteiger charge is 2.18. The first kappa shape index (κ1) is 17.9. The predicted octanol–water partition coefficient (Wildman–Crippen LogP) is 2.00.